The summed E-state index contributed by atoms with van der Waals surface area (Å²) in [6, 6.07) is 11.3. The van der Waals surface area contributed by atoms with Crippen LogP contribution in [0.25, 0.3) is 0 Å². The van der Waals surface area contributed by atoms with Crippen LogP contribution in [0.15, 0.2) is 59.5 Å². The topological polar surface area (TPSA) is 65.8 Å². The Balaban J connectivity index is 1.79. The van der Waals surface area contributed by atoms with Gasteiger partial charge in [0.05, 0.1) is 6.04 Å². The van der Waals surface area contributed by atoms with E-state index in [-0.39, 0.29) is 0 Å². The molecule has 1 amide bonds. The highest BCUT2D eigenvalue weighted by Gasteiger charge is 2.47. The van der Waals surface area contributed by atoms with Crippen LogP contribution < -0.4 is 10.4 Å². The van der Waals surface area contributed by atoms with Gasteiger partial charge in [-0.3, -0.25) is 19.3 Å². The van der Waals surface area contributed by atoms with Crippen molar-refractivity contribution < 1.29 is 23.1 Å². The molecule has 1 N–H and O–H groups in total. The highest BCUT2D eigenvalue weighted by molar-refractivity contribution is 6.31. The average Bonchev–Trinajstić information content (AvgIpc) is 2.98. The number of aromatic hydroxyl groups is 1. The number of halogens is 4. The molecule has 10 heteroatoms. The summed E-state index contributed by atoms with van der Waals surface area (Å²) in [6.45, 7) is 0.454. The lowest BCUT2D eigenvalue weighted by molar-refractivity contribution is -0.173. The van der Waals surface area contributed by atoms with Crippen molar-refractivity contribution in [3.63, 3.8) is 0 Å². The molecule has 2 aliphatic rings. The summed E-state index contributed by atoms with van der Waals surface area (Å²) in [5, 5.41) is 12.6. The first-order valence-electron chi connectivity index (χ1n) is 11.0. The number of rotatable bonds is 2. The molecule has 0 spiro atoms. The largest absolute Gasteiger partial charge is 0.502 e. The average molecular weight is 504 g/mol. The minimum atomic E-state index is -4.71. The number of fused-ring (bicyclic) bond motifs is 3. The number of hydrogen-bond acceptors (Lipinski definition) is 4. The summed E-state index contributed by atoms with van der Waals surface area (Å²) in [5.74, 6) is -1.97. The number of pyridine rings is 1. The van der Waals surface area contributed by atoms with E-state index in [1.807, 2.05) is 30.3 Å². The van der Waals surface area contributed by atoms with Gasteiger partial charge in [-0.05, 0) is 48.1 Å². The summed E-state index contributed by atoms with van der Waals surface area (Å²) in [4.78, 5) is 26.0. The molecule has 0 radical (unpaired) electrons. The zero-order chi connectivity index (χ0) is 25.1. The minimum absolute atomic E-state index is 0.431. The molecule has 3 aromatic rings. The van der Waals surface area contributed by atoms with E-state index in [0.717, 1.165) is 35.2 Å². The predicted octanol–water partition coefficient (Wildman–Crippen LogP) is 4.40. The maximum Gasteiger partial charge on any atom is 0.408 e. The number of amides is 1. The Kier molecular flexibility index (Phi) is 5.55. The number of carbonyl (C=O) groups excluding carboxylic acids is 1. The van der Waals surface area contributed by atoms with Crippen LogP contribution >= 0.6 is 11.6 Å². The number of carbonyl (C=O) groups is 1. The molecule has 5 rings (SSSR count). The normalized spacial score (nSPS) is 18.4. The van der Waals surface area contributed by atoms with Gasteiger partial charge in [-0.1, -0.05) is 48.0 Å². The van der Waals surface area contributed by atoms with E-state index >= 15 is 0 Å². The molecule has 0 bridgehead atoms. The molecule has 1 aliphatic heterocycles. The van der Waals surface area contributed by atoms with Gasteiger partial charge in [0.2, 0.25) is 5.43 Å². The van der Waals surface area contributed by atoms with E-state index in [2.05, 4.69) is 0 Å². The summed E-state index contributed by atoms with van der Waals surface area (Å²) in [5.41, 5.74) is 2.10. The second-order valence-corrected chi connectivity index (χ2v) is 9.11. The second kappa shape index (κ2) is 8.34. The van der Waals surface area contributed by atoms with E-state index < -0.39 is 47.7 Å². The zero-order valence-electron chi connectivity index (χ0n) is 18.6. The van der Waals surface area contributed by atoms with E-state index in [1.54, 1.807) is 17.1 Å². The Bertz CT molecular complexity index is 1390. The molecule has 1 aromatic heterocycles. The van der Waals surface area contributed by atoms with Crippen LogP contribution in [0.5, 0.6) is 5.75 Å². The predicted molar refractivity (Wildman–Crippen MR) is 124 cm³/mol. The lowest BCUT2D eigenvalue weighted by Gasteiger charge is -2.46. The Morgan fingerprint density at radius 1 is 1.03 bits per heavy atom. The van der Waals surface area contributed by atoms with Gasteiger partial charge in [0.25, 0.3) is 5.91 Å². The lowest BCUT2D eigenvalue weighted by atomic mass is 9.94. The number of aromatic nitrogens is 1. The summed E-state index contributed by atoms with van der Waals surface area (Å²) in [6.07, 6.45) is -2.11. The summed E-state index contributed by atoms with van der Waals surface area (Å²) < 4.78 is 42.6. The standard InChI is InChI=1S/C25H21ClF3N3O3/c1-14(25(27,28)29)30-13-32(31-12-11-20(33)23(34)22(31)24(30)35)21-16-6-3-2-5-15(16)9-10-17-18(21)7-4-8-19(17)26/h2-8,11-12,14,21,34H,9-10,13H2,1H3/t14-,21?/m1/s1. The molecule has 2 aromatic carbocycles. The summed E-state index contributed by atoms with van der Waals surface area (Å²) in [7, 11) is 0. The first-order valence-corrected chi connectivity index (χ1v) is 11.4. The Labute approximate surface area is 203 Å². The SMILES string of the molecule is C[C@@H](N1CN(C2c3ccccc3CCc3c(Cl)cccc32)n2ccc(=O)c(O)c2C1=O)C(F)(F)F. The molecule has 1 aliphatic carbocycles. The van der Waals surface area contributed by atoms with Crippen molar-refractivity contribution in [3.8, 4) is 5.75 Å². The van der Waals surface area contributed by atoms with Gasteiger partial charge in [-0.15, -0.1) is 0 Å². The van der Waals surface area contributed by atoms with Crippen molar-refractivity contribution in [2.75, 3.05) is 11.7 Å². The Morgan fingerprint density at radius 2 is 1.74 bits per heavy atom. The first-order chi connectivity index (χ1) is 16.6. The van der Waals surface area contributed by atoms with E-state index in [1.165, 1.54) is 10.9 Å². The van der Waals surface area contributed by atoms with Crippen molar-refractivity contribution in [2.24, 2.45) is 0 Å². The van der Waals surface area contributed by atoms with Crippen LogP contribution in [-0.2, 0) is 12.8 Å². The molecule has 2 heterocycles. The van der Waals surface area contributed by atoms with Gasteiger partial charge >= 0.3 is 6.18 Å². The first kappa shape index (κ1) is 23.3. The number of benzene rings is 2. The van der Waals surface area contributed by atoms with E-state index in [9.17, 15) is 27.9 Å². The van der Waals surface area contributed by atoms with Gasteiger partial charge in [-0.25, -0.2) is 0 Å². The van der Waals surface area contributed by atoms with Crippen molar-refractivity contribution in [2.45, 2.75) is 38.0 Å². The molecule has 0 fully saturated rings. The van der Waals surface area contributed by atoms with Crippen LogP contribution in [0.1, 0.15) is 45.7 Å². The molecule has 1 unspecified atom stereocenters. The van der Waals surface area contributed by atoms with Crippen LogP contribution in [0, 0.1) is 0 Å². The molecular weight excluding hydrogens is 483 g/mol. The second-order valence-electron chi connectivity index (χ2n) is 8.70. The van der Waals surface area contributed by atoms with E-state index in [4.69, 9.17) is 11.6 Å². The van der Waals surface area contributed by atoms with Crippen molar-refractivity contribution in [1.29, 1.82) is 0 Å². The van der Waals surface area contributed by atoms with Gasteiger partial charge in [0.15, 0.2) is 11.4 Å². The molecule has 182 valence electrons. The van der Waals surface area contributed by atoms with E-state index in [0.29, 0.717) is 22.8 Å². The fourth-order valence-corrected chi connectivity index (χ4v) is 5.18. The van der Waals surface area contributed by atoms with Gasteiger partial charge in [-0.2, -0.15) is 13.2 Å². The molecule has 0 saturated carbocycles. The highest BCUT2D eigenvalue weighted by Crippen LogP contribution is 2.41. The third kappa shape index (κ3) is 3.74. The molecule has 0 saturated heterocycles. The Morgan fingerprint density at radius 3 is 2.49 bits per heavy atom. The van der Waals surface area contributed by atoms with Gasteiger partial charge < -0.3 is 10.0 Å². The Hall–Kier alpha value is -3.46. The van der Waals surface area contributed by atoms with Crippen LogP contribution in [0.2, 0.25) is 5.02 Å². The van der Waals surface area contributed by atoms with Crippen molar-refractivity contribution in [1.82, 2.24) is 9.58 Å². The maximum atomic E-state index is 13.8. The fourth-order valence-electron chi connectivity index (χ4n) is 4.91. The van der Waals surface area contributed by atoms with Crippen LogP contribution in [0.4, 0.5) is 13.2 Å². The molecule has 6 nitrogen and oxygen atoms in total. The smallest absolute Gasteiger partial charge is 0.408 e. The fraction of sp³-hybridized carbons (Fsp3) is 0.280. The number of hydrogen-bond donors (Lipinski definition) is 1. The molecule has 35 heavy (non-hydrogen) atoms. The number of aryl methyl sites for hydroxylation is 1. The lowest BCUT2D eigenvalue weighted by Crippen LogP contribution is -2.60. The van der Waals surface area contributed by atoms with Crippen molar-refractivity contribution in [3.05, 3.63) is 97.9 Å². The van der Waals surface area contributed by atoms with Crippen LogP contribution in [0.3, 0.4) is 0 Å². The van der Waals surface area contributed by atoms with Crippen molar-refractivity contribution >= 4 is 17.5 Å². The molecular formula is C25H21ClF3N3O3. The van der Waals surface area contributed by atoms with Gasteiger partial charge in [0.1, 0.15) is 12.7 Å². The van der Waals surface area contributed by atoms with Crippen LogP contribution in [-0.4, -0.2) is 39.5 Å². The number of alkyl halides is 3. The third-order valence-electron chi connectivity index (χ3n) is 6.77. The monoisotopic (exact) mass is 503 g/mol. The zero-order valence-corrected chi connectivity index (χ0v) is 19.3. The maximum absolute atomic E-state index is 13.8. The quantitative estimate of drug-likeness (QED) is 0.563. The third-order valence-corrected chi connectivity index (χ3v) is 7.13. The summed E-state index contributed by atoms with van der Waals surface area (Å²) >= 11 is 6.55. The highest BCUT2D eigenvalue weighted by atomic mass is 35.5. The van der Waals surface area contributed by atoms with Gasteiger partial charge in [0, 0.05) is 17.3 Å². The number of nitrogens with zero attached hydrogens (tertiary/aromatic N) is 3. The molecule has 2 atom stereocenters. The minimum Gasteiger partial charge on any atom is -0.502 e.